The van der Waals surface area contributed by atoms with Gasteiger partial charge in [0, 0.05) is 18.0 Å². The Balaban J connectivity index is 2.12. The van der Waals surface area contributed by atoms with E-state index in [1.54, 1.807) is 18.5 Å². The van der Waals surface area contributed by atoms with Gasteiger partial charge in [-0.1, -0.05) is 0 Å². The Morgan fingerprint density at radius 2 is 1.81 bits per heavy atom. The van der Waals surface area contributed by atoms with Gasteiger partial charge in [-0.3, -0.25) is 9.97 Å². The van der Waals surface area contributed by atoms with Crippen molar-refractivity contribution in [1.82, 2.24) is 15.0 Å². The van der Waals surface area contributed by atoms with E-state index in [2.05, 4.69) is 15.0 Å². The second-order valence-electron chi connectivity index (χ2n) is 4.65. The molecule has 0 bridgehead atoms. The van der Waals surface area contributed by atoms with Crippen LogP contribution in [0.2, 0.25) is 0 Å². The third-order valence-electron chi connectivity index (χ3n) is 3.17. The van der Waals surface area contributed by atoms with Crippen molar-refractivity contribution >= 4 is 11.0 Å². The maximum atomic E-state index is 12.7. The zero-order valence-corrected chi connectivity index (χ0v) is 11.0. The van der Waals surface area contributed by atoms with Crippen LogP contribution in [0.3, 0.4) is 0 Å². The monoisotopic (exact) mass is 289 g/mol. The molecule has 0 amide bonds. The second-order valence-corrected chi connectivity index (χ2v) is 4.65. The minimum atomic E-state index is -4.38. The van der Waals surface area contributed by atoms with E-state index in [1.807, 2.05) is 6.92 Å². The molecule has 0 atom stereocenters. The van der Waals surface area contributed by atoms with Gasteiger partial charge in [0.2, 0.25) is 0 Å². The van der Waals surface area contributed by atoms with Crippen molar-refractivity contribution in [3.63, 3.8) is 0 Å². The first-order valence-electron chi connectivity index (χ1n) is 6.20. The number of aromatic nitrogens is 3. The molecule has 0 aliphatic carbocycles. The fourth-order valence-electron chi connectivity index (χ4n) is 2.08. The predicted octanol–water partition coefficient (Wildman–Crippen LogP) is 4.02. The first-order chi connectivity index (χ1) is 9.95. The van der Waals surface area contributed by atoms with Gasteiger partial charge in [-0.15, -0.1) is 0 Å². The Morgan fingerprint density at radius 3 is 2.52 bits per heavy atom. The van der Waals surface area contributed by atoms with Crippen LogP contribution in [0.1, 0.15) is 11.1 Å². The summed E-state index contributed by atoms with van der Waals surface area (Å²) in [4.78, 5) is 12.5. The van der Waals surface area contributed by atoms with Crippen LogP contribution in [0.5, 0.6) is 0 Å². The minimum absolute atomic E-state index is 0.222. The van der Waals surface area contributed by atoms with Crippen LogP contribution in [-0.4, -0.2) is 15.0 Å². The Hall–Kier alpha value is -2.50. The number of rotatable bonds is 1. The van der Waals surface area contributed by atoms with Crippen LogP contribution in [0.25, 0.3) is 22.3 Å². The van der Waals surface area contributed by atoms with Gasteiger partial charge in [-0.05, 0) is 36.8 Å². The Kier molecular flexibility index (Phi) is 3.08. The number of halogens is 3. The molecule has 106 valence electrons. The van der Waals surface area contributed by atoms with E-state index in [4.69, 9.17) is 0 Å². The highest BCUT2D eigenvalue weighted by Crippen LogP contribution is 2.31. The van der Waals surface area contributed by atoms with Gasteiger partial charge in [-0.25, -0.2) is 4.98 Å². The molecule has 0 aliphatic rings. The lowest BCUT2D eigenvalue weighted by atomic mass is 10.1. The molecule has 2 heterocycles. The van der Waals surface area contributed by atoms with Crippen LogP contribution in [0.15, 0.2) is 42.9 Å². The average molecular weight is 289 g/mol. The van der Waals surface area contributed by atoms with Gasteiger partial charge < -0.3 is 0 Å². The topological polar surface area (TPSA) is 38.7 Å². The Morgan fingerprint density at radius 1 is 1.00 bits per heavy atom. The number of alkyl halides is 3. The molecule has 0 unspecified atom stereocenters. The van der Waals surface area contributed by atoms with E-state index in [1.165, 1.54) is 12.3 Å². The molecule has 3 rings (SSSR count). The normalized spacial score (nSPS) is 11.8. The zero-order valence-electron chi connectivity index (χ0n) is 11.0. The van der Waals surface area contributed by atoms with Crippen LogP contribution >= 0.6 is 0 Å². The van der Waals surface area contributed by atoms with E-state index >= 15 is 0 Å². The second kappa shape index (κ2) is 4.80. The van der Waals surface area contributed by atoms with Gasteiger partial charge in [0.05, 0.1) is 28.5 Å². The summed E-state index contributed by atoms with van der Waals surface area (Å²) in [6.45, 7) is 1.89. The van der Waals surface area contributed by atoms with Crippen molar-refractivity contribution in [2.24, 2.45) is 0 Å². The summed E-state index contributed by atoms with van der Waals surface area (Å²) < 4.78 is 38.0. The van der Waals surface area contributed by atoms with E-state index in [0.717, 1.165) is 23.3 Å². The molecular weight excluding hydrogens is 279 g/mol. The summed E-state index contributed by atoms with van der Waals surface area (Å²) in [7, 11) is 0. The standard InChI is InChI=1S/C15H10F3N3/c1-9-7-19-5-4-11(9)14-8-20-13-6-10(15(16,17)18)2-3-12(13)21-14/h2-8H,1H3. The summed E-state index contributed by atoms with van der Waals surface area (Å²) in [5.41, 5.74) is 2.33. The van der Waals surface area contributed by atoms with Gasteiger partial charge in [0.1, 0.15) is 0 Å². The SMILES string of the molecule is Cc1cnccc1-c1cnc2cc(C(F)(F)F)ccc2n1. The fourth-order valence-corrected chi connectivity index (χ4v) is 2.08. The molecule has 3 aromatic rings. The number of nitrogens with zero attached hydrogens (tertiary/aromatic N) is 3. The van der Waals surface area contributed by atoms with E-state index in [9.17, 15) is 13.2 Å². The van der Waals surface area contributed by atoms with Crippen molar-refractivity contribution in [2.45, 2.75) is 13.1 Å². The summed E-state index contributed by atoms with van der Waals surface area (Å²) in [5, 5.41) is 0. The van der Waals surface area contributed by atoms with Crippen molar-refractivity contribution in [1.29, 1.82) is 0 Å². The molecule has 0 saturated heterocycles. The summed E-state index contributed by atoms with van der Waals surface area (Å²) >= 11 is 0. The first-order valence-corrected chi connectivity index (χ1v) is 6.20. The number of pyridine rings is 1. The van der Waals surface area contributed by atoms with Crippen LogP contribution in [-0.2, 0) is 6.18 Å². The lowest BCUT2D eigenvalue weighted by Crippen LogP contribution is -2.04. The van der Waals surface area contributed by atoms with Crippen molar-refractivity contribution in [2.75, 3.05) is 0 Å². The molecule has 0 saturated carbocycles. The summed E-state index contributed by atoms with van der Waals surface area (Å²) in [5.74, 6) is 0. The third-order valence-corrected chi connectivity index (χ3v) is 3.17. The van der Waals surface area contributed by atoms with E-state index in [-0.39, 0.29) is 5.52 Å². The number of fused-ring (bicyclic) bond motifs is 1. The highest BCUT2D eigenvalue weighted by Gasteiger charge is 2.30. The maximum Gasteiger partial charge on any atom is 0.416 e. The quantitative estimate of drug-likeness (QED) is 0.679. The molecule has 21 heavy (non-hydrogen) atoms. The molecule has 0 spiro atoms. The van der Waals surface area contributed by atoms with Gasteiger partial charge in [0.15, 0.2) is 0 Å². The number of hydrogen-bond donors (Lipinski definition) is 0. The van der Waals surface area contributed by atoms with Crippen molar-refractivity contribution < 1.29 is 13.2 Å². The average Bonchev–Trinajstić information content (AvgIpc) is 2.46. The smallest absolute Gasteiger partial charge is 0.264 e. The Bertz CT molecular complexity index is 813. The van der Waals surface area contributed by atoms with Crippen LogP contribution in [0.4, 0.5) is 13.2 Å². The summed E-state index contributed by atoms with van der Waals surface area (Å²) in [6, 6.07) is 5.16. The van der Waals surface area contributed by atoms with Crippen LogP contribution < -0.4 is 0 Å². The molecule has 0 N–H and O–H groups in total. The maximum absolute atomic E-state index is 12.7. The first kappa shape index (κ1) is 13.5. The lowest BCUT2D eigenvalue weighted by Gasteiger charge is -2.08. The summed E-state index contributed by atoms with van der Waals surface area (Å²) in [6.07, 6.45) is 0.440. The van der Waals surface area contributed by atoms with E-state index < -0.39 is 11.7 Å². The lowest BCUT2D eigenvalue weighted by molar-refractivity contribution is -0.137. The molecule has 0 radical (unpaired) electrons. The largest absolute Gasteiger partial charge is 0.416 e. The number of benzene rings is 1. The molecule has 0 fully saturated rings. The van der Waals surface area contributed by atoms with Crippen molar-refractivity contribution in [3.8, 4) is 11.3 Å². The fraction of sp³-hybridized carbons (Fsp3) is 0.133. The molecule has 6 heteroatoms. The number of aryl methyl sites for hydroxylation is 1. The number of hydrogen-bond acceptors (Lipinski definition) is 3. The zero-order chi connectivity index (χ0) is 15.0. The minimum Gasteiger partial charge on any atom is -0.264 e. The highest BCUT2D eigenvalue weighted by atomic mass is 19.4. The molecule has 2 aromatic heterocycles. The van der Waals surface area contributed by atoms with E-state index in [0.29, 0.717) is 11.2 Å². The molecule has 1 aromatic carbocycles. The van der Waals surface area contributed by atoms with Gasteiger partial charge in [-0.2, -0.15) is 13.2 Å². The molecular formula is C15H10F3N3. The van der Waals surface area contributed by atoms with Gasteiger partial charge in [0.25, 0.3) is 0 Å². The van der Waals surface area contributed by atoms with Crippen LogP contribution in [0, 0.1) is 6.92 Å². The van der Waals surface area contributed by atoms with Crippen molar-refractivity contribution in [3.05, 3.63) is 54.0 Å². The predicted molar refractivity (Wildman–Crippen MR) is 72.5 cm³/mol. The molecule has 3 nitrogen and oxygen atoms in total. The van der Waals surface area contributed by atoms with Gasteiger partial charge >= 0.3 is 6.18 Å². The molecule has 0 aliphatic heterocycles. The highest BCUT2D eigenvalue weighted by molar-refractivity contribution is 5.78. The Labute approximate surface area is 118 Å². The third kappa shape index (κ3) is 2.56.